The van der Waals surface area contributed by atoms with E-state index in [4.69, 9.17) is 0 Å². The van der Waals surface area contributed by atoms with Gasteiger partial charge in [0, 0.05) is 17.2 Å². The lowest BCUT2D eigenvalue weighted by Gasteiger charge is -2.00. The summed E-state index contributed by atoms with van der Waals surface area (Å²) in [5, 5.41) is 5.58. The molecule has 0 amide bonds. The van der Waals surface area contributed by atoms with Crippen LogP contribution in [0.25, 0.3) is 0 Å². The Labute approximate surface area is 150 Å². The molecule has 0 bridgehead atoms. The monoisotopic (exact) mass is 378 g/mol. The molecule has 0 aliphatic rings. The van der Waals surface area contributed by atoms with Gasteiger partial charge in [-0.25, -0.2) is 18.4 Å². The molecule has 126 valence electrons. The standard InChI is InChI=1S/C17H18N2O2S3/c1-2-16-18-14(9-22-16)11-24(20,21)12-15-10-23-17(19-15)8-13-6-4-3-5-7-13/h3-7,9-10H,2,8,11-12H2,1H3. The average Bonchev–Trinajstić information content (AvgIpc) is 3.17. The van der Waals surface area contributed by atoms with Crippen LogP contribution >= 0.6 is 22.7 Å². The SMILES string of the molecule is CCc1nc(CS(=O)(=O)Cc2csc(Cc3ccccc3)n2)cs1. The highest BCUT2D eigenvalue weighted by Gasteiger charge is 2.17. The maximum absolute atomic E-state index is 12.4. The number of hydrogen-bond donors (Lipinski definition) is 0. The molecule has 0 saturated carbocycles. The van der Waals surface area contributed by atoms with Crippen LogP contribution in [0.1, 0.15) is 33.9 Å². The first-order valence-electron chi connectivity index (χ1n) is 7.65. The molecule has 1 aromatic carbocycles. The van der Waals surface area contributed by atoms with Gasteiger partial charge in [0.25, 0.3) is 0 Å². The Morgan fingerprint density at radius 3 is 2.08 bits per heavy atom. The molecule has 0 aliphatic carbocycles. The minimum Gasteiger partial charge on any atom is -0.245 e. The topological polar surface area (TPSA) is 59.9 Å². The molecule has 2 heterocycles. The van der Waals surface area contributed by atoms with E-state index in [0.717, 1.165) is 22.9 Å². The van der Waals surface area contributed by atoms with Gasteiger partial charge >= 0.3 is 0 Å². The van der Waals surface area contributed by atoms with Crippen molar-refractivity contribution in [2.75, 3.05) is 0 Å². The maximum atomic E-state index is 12.4. The van der Waals surface area contributed by atoms with Gasteiger partial charge in [-0.3, -0.25) is 0 Å². The van der Waals surface area contributed by atoms with Crippen LogP contribution in [-0.4, -0.2) is 18.4 Å². The third-order valence-electron chi connectivity index (χ3n) is 3.43. The minimum atomic E-state index is -3.25. The van der Waals surface area contributed by atoms with Crippen LogP contribution in [0, 0.1) is 0 Å². The van der Waals surface area contributed by atoms with Gasteiger partial charge in [-0.1, -0.05) is 37.3 Å². The Morgan fingerprint density at radius 2 is 1.50 bits per heavy atom. The summed E-state index contributed by atoms with van der Waals surface area (Å²) < 4.78 is 24.7. The van der Waals surface area contributed by atoms with E-state index in [1.165, 1.54) is 28.2 Å². The van der Waals surface area contributed by atoms with Gasteiger partial charge in [0.1, 0.15) is 0 Å². The molecule has 0 atom stereocenters. The number of benzene rings is 1. The predicted octanol–water partition coefficient (Wildman–Crippen LogP) is 3.87. The Hall–Kier alpha value is -1.57. The first-order valence-corrected chi connectivity index (χ1v) is 11.2. The third kappa shape index (κ3) is 4.72. The molecule has 7 heteroatoms. The van der Waals surface area contributed by atoms with Crippen LogP contribution in [0.2, 0.25) is 0 Å². The first-order chi connectivity index (χ1) is 11.5. The van der Waals surface area contributed by atoms with Gasteiger partial charge in [-0.15, -0.1) is 22.7 Å². The molecule has 0 radical (unpaired) electrons. The van der Waals surface area contributed by atoms with Crippen LogP contribution in [0.4, 0.5) is 0 Å². The van der Waals surface area contributed by atoms with Crippen LogP contribution < -0.4 is 0 Å². The lowest BCUT2D eigenvalue weighted by atomic mass is 10.2. The molecule has 2 aromatic heterocycles. The number of nitrogens with zero attached hydrogens (tertiary/aromatic N) is 2. The summed E-state index contributed by atoms with van der Waals surface area (Å²) in [6.45, 7) is 2.01. The Bertz CT molecular complexity index is 899. The fourth-order valence-electron chi connectivity index (χ4n) is 2.35. The fraction of sp³-hybridized carbons (Fsp3) is 0.294. The van der Waals surface area contributed by atoms with Gasteiger partial charge in [0.2, 0.25) is 0 Å². The van der Waals surface area contributed by atoms with Crippen molar-refractivity contribution in [1.29, 1.82) is 0 Å². The van der Waals surface area contributed by atoms with E-state index in [1.807, 2.05) is 48.0 Å². The van der Waals surface area contributed by atoms with E-state index < -0.39 is 9.84 Å². The van der Waals surface area contributed by atoms with Crippen molar-refractivity contribution in [3.8, 4) is 0 Å². The quantitative estimate of drug-likeness (QED) is 0.626. The molecule has 0 N–H and O–H groups in total. The largest absolute Gasteiger partial charge is 0.245 e. The lowest BCUT2D eigenvalue weighted by Crippen LogP contribution is -2.08. The average molecular weight is 379 g/mol. The van der Waals surface area contributed by atoms with Crippen molar-refractivity contribution in [3.63, 3.8) is 0 Å². The second kappa shape index (κ2) is 7.55. The highest BCUT2D eigenvalue weighted by molar-refractivity contribution is 7.89. The summed E-state index contributed by atoms with van der Waals surface area (Å²) >= 11 is 3.02. The second-order valence-corrected chi connectivity index (χ2v) is 9.46. The van der Waals surface area contributed by atoms with Crippen LogP contribution in [0.15, 0.2) is 41.1 Å². The molecule has 0 saturated heterocycles. The number of aryl methyl sites for hydroxylation is 1. The van der Waals surface area contributed by atoms with Crippen LogP contribution in [0.5, 0.6) is 0 Å². The number of hydrogen-bond acceptors (Lipinski definition) is 6. The minimum absolute atomic E-state index is 0.0188. The van der Waals surface area contributed by atoms with E-state index in [0.29, 0.717) is 11.4 Å². The summed E-state index contributed by atoms with van der Waals surface area (Å²) in [7, 11) is -3.25. The van der Waals surface area contributed by atoms with Crippen molar-refractivity contribution in [2.24, 2.45) is 0 Å². The van der Waals surface area contributed by atoms with Gasteiger partial charge in [0.05, 0.1) is 32.9 Å². The van der Waals surface area contributed by atoms with Crippen molar-refractivity contribution in [2.45, 2.75) is 31.3 Å². The summed E-state index contributed by atoms with van der Waals surface area (Å²) in [6.07, 6.45) is 1.57. The molecule has 0 aliphatic heterocycles. The van der Waals surface area contributed by atoms with Crippen molar-refractivity contribution in [3.05, 3.63) is 68.1 Å². The van der Waals surface area contributed by atoms with E-state index in [-0.39, 0.29) is 11.5 Å². The van der Waals surface area contributed by atoms with Crippen molar-refractivity contribution in [1.82, 2.24) is 9.97 Å². The molecule has 0 spiro atoms. The van der Waals surface area contributed by atoms with Crippen molar-refractivity contribution >= 4 is 32.5 Å². The third-order valence-corrected chi connectivity index (χ3v) is 6.85. The Morgan fingerprint density at radius 1 is 0.917 bits per heavy atom. The number of rotatable bonds is 7. The highest BCUT2D eigenvalue weighted by Crippen LogP contribution is 2.19. The van der Waals surface area contributed by atoms with Gasteiger partial charge in [0.15, 0.2) is 9.84 Å². The fourth-order valence-corrected chi connectivity index (χ4v) is 5.43. The molecule has 3 aromatic rings. The molecule has 24 heavy (non-hydrogen) atoms. The molecular weight excluding hydrogens is 360 g/mol. The van der Waals surface area contributed by atoms with Crippen LogP contribution in [0.3, 0.4) is 0 Å². The zero-order chi connectivity index (χ0) is 17.0. The maximum Gasteiger partial charge on any atom is 0.161 e. The van der Waals surface area contributed by atoms with Crippen LogP contribution in [-0.2, 0) is 34.2 Å². The van der Waals surface area contributed by atoms with Gasteiger partial charge < -0.3 is 0 Å². The van der Waals surface area contributed by atoms with E-state index >= 15 is 0 Å². The van der Waals surface area contributed by atoms with Crippen molar-refractivity contribution < 1.29 is 8.42 Å². The van der Waals surface area contributed by atoms with E-state index in [1.54, 1.807) is 0 Å². The molecule has 0 unspecified atom stereocenters. The number of sulfone groups is 1. The molecular formula is C17H18N2O2S3. The Kier molecular flexibility index (Phi) is 5.43. The molecule has 3 rings (SSSR count). The smallest absolute Gasteiger partial charge is 0.161 e. The summed E-state index contributed by atoms with van der Waals surface area (Å²) in [5.74, 6) is -0.0493. The Balaban J connectivity index is 1.64. The number of thiazole rings is 2. The van der Waals surface area contributed by atoms with Gasteiger partial charge in [-0.05, 0) is 12.0 Å². The predicted molar refractivity (Wildman–Crippen MR) is 99.2 cm³/mol. The normalized spacial score (nSPS) is 11.7. The number of aromatic nitrogens is 2. The molecule has 4 nitrogen and oxygen atoms in total. The summed E-state index contributed by atoms with van der Waals surface area (Å²) in [6, 6.07) is 10.1. The first kappa shape index (κ1) is 17.3. The zero-order valence-corrected chi connectivity index (χ0v) is 15.8. The summed E-state index contributed by atoms with van der Waals surface area (Å²) in [4.78, 5) is 8.81. The second-order valence-electron chi connectivity index (χ2n) is 5.51. The zero-order valence-electron chi connectivity index (χ0n) is 13.3. The van der Waals surface area contributed by atoms with E-state index in [2.05, 4.69) is 9.97 Å². The highest BCUT2D eigenvalue weighted by atomic mass is 32.2. The molecule has 0 fully saturated rings. The van der Waals surface area contributed by atoms with E-state index in [9.17, 15) is 8.42 Å². The summed E-state index contributed by atoms with van der Waals surface area (Å²) in [5.41, 5.74) is 2.43. The van der Waals surface area contributed by atoms with Gasteiger partial charge in [-0.2, -0.15) is 0 Å². The lowest BCUT2D eigenvalue weighted by molar-refractivity contribution is 0.593.